The molecule has 2 rings (SSSR count). The monoisotopic (exact) mass is 308 g/mol. The Balaban J connectivity index is 2.05. The van der Waals surface area contributed by atoms with Crippen molar-refractivity contribution >= 4 is 17.8 Å². The minimum Gasteiger partial charge on any atom is -0.454 e. The van der Waals surface area contributed by atoms with Crippen molar-refractivity contribution in [2.75, 3.05) is 6.61 Å². The summed E-state index contributed by atoms with van der Waals surface area (Å²) in [6.07, 6.45) is 1.70. The highest BCUT2D eigenvalue weighted by atomic mass is 16.5. The molecule has 0 bridgehead atoms. The molecule has 0 unspecified atom stereocenters. The number of hydrogen-bond donors (Lipinski definition) is 0. The summed E-state index contributed by atoms with van der Waals surface area (Å²) >= 11 is 0. The molecule has 0 aliphatic rings. The van der Waals surface area contributed by atoms with Crippen LogP contribution in [0, 0.1) is 20.8 Å². The molecule has 0 aliphatic carbocycles. The lowest BCUT2D eigenvalue weighted by Crippen LogP contribution is -2.15. The molecule has 0 heterocycles. The Labute approximate surface area is 136 Å². The van der Waals surface area contributed by atoms with Gasteiger partial charge in [-0.1, -0.05) is 30.9 Å². The van der Waals surface area contributed by atoms with Crippen LogP contribution in [0.15, 0.2) is 43.0 Å². The third kappa shape index (κ3) is 3.95. The zero-order valence-corrected chi connectivity index (χ0v) is 13.7. The van der Waals surface area contributed by atoms with Crippen LogP contribution in [0.2, 0.25) is 0 Å². The van der Waals surface area contributed by atoms with E-state index in [1.165, 1.54) is 0 Å². The number of Topliss-reactive ketones (excluding diaryl/α,β-unsaturated/α-hetero) is 1. The number of rotatable bonds is 5. The molecule has 0 fully saturated rings. The predicted octanol–water partition coefficient (Wildman–Crippen LogP) is 4.29. The number of ether oxygens (including phenoxy) is 1. The van der Waals surface area contributed by atoms with Gasteiger partial charge in [0.25, 0.3) is 0 Å². The molecule has 0 amide bonds. The van der Waals surface area contributed by atoms with E-state index in [-0.39, 0.29) is 12.4 Å². The minimum atomic E-state index is -0.504. The zero-order valence-electron chi connectivity index (χ0n) is 13.7. The van der Waals surface area contributed by atoms with E-state index >= 15 is 0 Å². The molecular formula is C20H20O3. The number of benzene rings is 2. The van der Waals surface area contributed by atoms with Crippen LogP contribution in [-0.4, -0.2) is 18.4 Å². The van der Waals surface area contributed by atoms with Crippen molar-refractivity contribution in [3.05, 3.63) is 76.4 Å². The Kier molecular flexibility index (Phi) is 5.12. The maximum atomic E-state index is 12.3. The second-order valence-electron chi connectivity index (χ2n) is 5.58. The summed E-state index contributed by atoms with van der Waals surface area (Å²) in [4.78, 5) is 24.3. The maximum Gasteiger partial charge on any atom is 0.338 e. The van der Waals surface area contributed by atoms with Crippen molar-refractivity contribution in [1.82, 2.24) is 0 Å². The average Bonchev–Trinajstić information content (AvgIpc) is 2.55. The number of hydrogen-bond acceptors (Lipinski definition) is 3. The number of esters is 1. The quantitative estimate of drug-likeness (QED) is 0.611. The number of aryl methyl sites for hydroxylation is 3. The van der Waals surface area contributed by atoms with Crippen molar-refractivity contribution < 1.29 is 14.3 Å². The summed E-state index contributed by atoms with van der Waals surface area (Å²) in [6, 6.07) is 10.7. The summed E-state index contributed by atoms with van der Waals surface area (Å²) in [5, 5.41) is 0. The minimum absolute atomic E-state index is 0.193. The van der Waals surface area contributed by atoms with Crippen LogP contribution in [0.3, 0.4) is 0 Å². The average molecular weight is 308 g/mol. The largest absolute Gasteiger partial charge is 0.454 e. The molecule has 0 aromatic heterocycles. The molecule has 118 valence electrons. The highest BCUT2D eigenvalue weighted by Crippen LogP contribution is 2.16. The summed E-state index contributed by atoms with van der Waals surface area (Å²) in [5.74, 6) is -0.697. The van der Waals surface area contributed by atoms with E-state index in [1.54, 1.807) is 30.3 Å². The van der Waals surface area contributed by atoms with Crippen LogP contribution in [0.5, 0.6) is 0 Å². The van der Waals surface area contributed by atoms with Gasteiger partial charge in [0.05, 0.1) is 5.56 Å². The van der Waals surface area contributed by atoms with Gasteiger partial charge in [0.15, 0.2) is 6.61 Å². The van der Waals surface area contributed by atoms with Gasteiger partial charge in [0.2, 0.25) is 5.78 Å². The number of ketones is 1. The third-order valence-electron chi connectivity index (χ3n) is 3.86. The molecule has 2 aromatic carbocycles. The van der Waals surface area contributed by atoms with Gasteiger partial charge < -0.3 is 4.74 Å². The van der Waals surface area contributed by atoms with E-state index in [1.807, 2.05) is 32.9 Å². The molecule has 0 atom stereocenters. The molecule has 3 nitrogen and oxygen atoms in total. The van der Waals surface area contributed by atoms with Crippen molar-refractivity contribution in [3.63, 3.8) is 0 Å². The molecule has 0 spiro atoms. The Morgan fingerprint density at radius 1 is 1.00 bits per heavy atom. The fourth-order valence-electron chi connectivity index (χ4n) is 2.31. The smallest absolute Gasteiger partial charge is 0.338 e. The SMILES string of the molecule is C=Cc1ccc(C(=O)OCC(=O)c2cc(C)c(C)cc2C)cc1. The Morgan fingerprint density at radius 3 is 2.22 bits per heavy atom. The summed E-state index contributed by atoms with van der Waals surface area (Å²) in [5.41, 5.74) is 5.01. The normalized spacial score (nSPS) is 10.2. The van der Waals surface area contributed by atoms with E-state index in [2.05, 4.69) is 6.58 Å². The number of carbonyl (C=O) groups is 2. The van der Waals surface area contributed by atoms with Gasteiger partial charge in [-0.3, -0.25) is 4.79 Å². The van der Waals surface area contributed by atoms with Gasteiger partial charge >= 0.3 is 5.97 Å². The second kappa shape index (κ2) is 7.05. The molecule has 0 saturated heterocycles. The Hall–Kier alpha value is -2.68. The second-order valence-corrected chi connectivity index (χ2v) is 5.58. The van der Waals surface area contributed by atoms with Gasteiger partial charge in [-0.05, 0) is 61.2 Å². The maximum absolute atomic E-state index is 12.3. The first-order chi connectivity index (χ1) is 10.9. The lowest BCUT2D eigenvalue weighted by molar-refractivity contribution is 0.0474. The summed E-state index contributed by atoms with van der Waals surface area (Å²) < 4.78 is 5.13. The molecule has 2 aromatic rings. The topological polar surface area (TPSA) is 43.4 Å². The number of carbonyl (C=O) groups excluding carboxylic acids is 2. The molecule has 0 radical (unpaired) electrons. The predicted molar refractivity (Wildman–Crippen MR) is 91.8 cm³/mol. The molecule has 0 saturated carbocycles. The first-order valence-electron chi connectivity index (χ1n) is 7.43. The van der Waals surface area contributed by atoms with E-state index in [4.69, 9.17) is 4.74 Å². The Morgan fingerprint density at radius 2 is 1.61 bits per heavy atom. The van der Waals surface area contributed by atoms with E-state index in [0.29, 0.717) is 11.1 Å². The highest BCUT2D eigenvalue weighted by Gasteiger charge is 2.14. The molecule has 23 heavy (non-hydrogen) atoms. The van der Waals surface area contributed by atoms with E-state index < -0.39 is 5.97 Å². The van der Waals surface area contributed by atoms with Crippen molar-refractivity contribution in [2.45, 2.75) is 20.8 Å². The van der Waals surface area contributed by atoms with Crippen LogP contribution < -0.4 is 0 Å². The van der Waals surface area contributed by atoms with E-state index in [9.17, 15) is 9.59 Å². The Bertz CT molecular complexity index is 755. The van der Waals surface area contributed by atoms with Crippen molar-refractivity contribution in [2.24, 2.45) is 0 Å². The fraction of sp³-hybridized carbons (Fsp3) is 0.200. The van der Waals surface area contributed by atoms with Crippen LogP contribution in [-0.2, 0) is 4.74 Å². The lowest BCUT2D eigenvalue weighted by atomic mass is 9.98. The third-order valence-corrected chi connectivity index (χ3v) is 3.86. The van der Waals surface area contributed by atoms with Gasteiger partial charge in [-0.2, -0.15) is 0 Å². The van der Waals surface area contributed by atoms with Gasteiger partial charge in [-0.15, -0.1) is 0 Å². The summed E-state index contributed by atoms with van der Waals surface area (Å²) in [6.45, 7) is 9.25. The molecule has 0 aliphatic heterocycles. The van der Waals surface area contributed by atoms with Crippen molar-refractivity contribution in [3.8, 4) is 0 Å². The van der Waals surface area contributed by atoms with Crippen molar-refractivity contribution in [1.29, 1.82) is 0 Å². The lowest BCUT2D eigenvalue weighted by Gasteiger charge is -2.09. The fourth-order valence-corrected chi connectivity index (χ4v) is 2.31. The van der Waals surface area contributed by atoms with Crippen LogP contribution in [0.4, 0.5) is 0 Å². The van der Waals surface area contributed by atoms with Gasteiger partial charge in [0, 0.05) is 5.56 Å². The van der Waals surface area contributed by atoms with Crippen LogP contribution >= 0.6 is 0 Å². The van der Waals surface area contributed by atoms with Crippen LogP contribution in [0.1, 0.15) is 43.0 Å². The van der Waals surface area contributed by atoms with Crippen LogP contribution in [0.25, 0.3) is 6.08 Å². The molecule has 3 heteroatoms. The standard InChI is InChI=1S/C20H20O3/c1-5-16-6-8-17(9-7-16)20(22)23-12-19(21)18-11-14(3)13(2)10-15(18)4/h5-11H,1,12H2,2-4H3. The van der Waals surface area contributed by atoms with E-state index in [0.717, 1.165) is 22.3 Å². The molecular weight excluding hydrogens is 288 g/mol. The summed E-state index contributed by atoms with van der Waals surface area (Å²) in [7, 11) is 0. The first-order valence-corrected chi connectivity index (χ1v) is 7.43. The van der Waals surface area contributed by atoms with Gasteiger partial charge in [-0.25, -0.2) is 4.79 Å². The first kappa shape index (κ1) is 16.7. The zero-order chi connectivity index (χ0) is 17.0. The molecule has 0 N–H and O–H groups in total. The van der Waals surface area contributed by atoms with Gasteiger partial charge in [0.1, 0.15) is 0 Å². The highest BCUT2D eigenvalue weighted by molar-refractivity contribution is 6.00.